The Balaban J connectivity index is -0.0000000800. The largest absolute Gasteiger partial charge is 0.0149 e. The van der Waals surface area contributed by atoms with Crippen LogP contribution in [0.25, 0.3) is 0 Å². The van der Waals surface area contributed by atoms with Gasteiger partial charge in [-0.2, -0.15) is 0 Å². The zero-order chi connectivity index (χ0) is 4.50. The van der Waals surface area contributed by atoms with E-state index in [9.17, 15) is 0 Å². The quantitative estimate of drug-likeness (QED) is 0.437. The van der Waals surface area contributed by atoms with Gasteiger partial charge in [-0.1, -0.05) is 0 Å². The maximum absolute atomic E-state index is 8.82. The minimum atomic E-state index is -5.25. The Hall–Kier alpha value is 1.19. The molecule has 0 rings (SSSR count). The number of hydrogen-bond donors (Lipinski definition) is 2. The van der Waals surface area contributed by atoms with Gasteiger partial charge in [-0.3, -0.25) is 0 Å². The van der Waals surface area contributed by atoms with E-state index < -0.39 is 13.6 Å². The fraction of sp³-hybridized carbons (Fsp3) is 0. The first-order valence-electron chi connectivity index (χ1n) is 0.698. The summed E-state index contributed by atoms with van der Waals surface area (Å²) in [6, 6.07) is 0. The van der Waals surface area contributed by atoms with Crippen molar-refractivity contribution in [3.8, 4) is 0 Å². The van der Waals surface area contributed by atoms with Crippen LogP contribution in [0.15, 0.2) is 0 Å². The van der Waals surface area contributed by atoms with Crippen molar-refractivity contribution in [3.05, 3.63) is 0 Å². The molecule has 0 aromatic carbocycles. The van der Waals surface area contributed by atoms with Gasteiger partial charge in [-0.05, 0) is 11.0 Å². The summed E-state index contributed by atoms with van der Waals surface area (Å²) in [5, 5.41) is 0. The molecule has 0 fully saturated rings. The summed E-state index contributed by atoms with van der Waals surface area (Å²) in [7, 11) is 0. The molecule has 4 nitrogen and oxygen atoms in total. The summed E-state index contributed by atoms with van der Waals surface area (Å²) in [5.74, 6) is 0. The summed E-state index contributed by atoms with van der Waals surface area (Å²) in [6.07, 6.45) is 0. The topological polar surface area (TPSA) is 74.6 Å². The molecule has 46 valence electrons. The summed E-state index contributed by atoms with van der Waals surface area (Å²) in [4.78, 5) is 0. The third-order valence-electron chi connectivity index (χ3n) is 0. The molecule has 0 aromatic rings. The van der Waals surface area contributed by atoms with Crippen LogP contribution >= 0.6 is 0 Å². The molecule has 0 spiro atoms. The van der Waals surface area contributed by atoms with Crippen LogP contribution in [0.5, 0.6) is 0 Å². The molecule has 2 radical (unpaired) electrons. The van der Waals surface area contributed by atoms with Crippen molar-refractivity contribution in [2.45, 2.75) is 0 Å². The predicted octanol–water partition coefficient (Wildman–Crippen LogP) is -3.72. The van der Waals surface area contributed by atoms with Crippen molar-refractivity contribution in [1.82, 2.24) is 0 Å². The third kappa shape index (κ3) is 137. The van der Waals surface area contributed by atoms with Gasteiger partial charge >= 0.3 is 56.8 Å². The van der Waals surface area contributed by atoms with Gasteiger partial charge in [-0.15, -0.1) is 0 Å². The second kappa shape index (κ2) is 5.33. The Labute approximate surface area is 67.5 Å². The average Bonchev–Trinajstić information content (AvgIpc) is 0.722. The smallest absolute Gasteiger partial charge is 0.0149 e. The van der Waals surface area contributed by atoms with Crippen LogP contribution in [-0.2, 0) is 21.2 Å². The fourth-order valence-corrected chi connectivity index (χ4v) is 0. The first kappa shape index (κ1) is 15.7. The molecule has 0 atom stereocenters. The number of hydrogen-bond acceptors (Lipinski definition) is 2. The van der Waals surface area contributed by atoms with E-state index in [4.69, 9.17) is 15.9 Å². The molecule has 0 saturated carbocycles. The van der Waals surface area contributed by atoms with Crippen LogP contribution in [-0.4, -0.2) is 46.6 Å². The molecule has 0 amide bonds. The van der Waals surface area contributed by atoms with Gasteiger partial charge in [0.2, 0.25) is 0 Å². The van der Waals surface area contributed by atoms with E-state index in [1.54, 1.807) is 0 Å². The Kier molecular flexibility index (Phi) is 12.0. The van der Waals surface area contributed by atoms with Crippen LogP contribution in [0.4, 0.5) is 0 Å². The van der Waals surface area contributed by atoms with E-state index in [1.165, 1.54) is 0 Å². The van der Waals surface area contributed by atoms with Crippen molar-refractivity contribution in [2.75, 3.05) is 0 Å². The van der Waals surface area contributed by atoms with E-state index in [-0.39, 0.29) is 38.3 Å². The monoisotopic (exact) mass is 360 g/mol. The molecule has 0 bridgehead atoms. The van der Waals surface area contributed by atoms with E-state index >= 15 is 0 Å². The van der Waals surface area contributed by atoms with Crippen molar-refractivity contribution < 1.29 is 29.5 Å². The van der Waals surface area contributed by atoms with Crippen molar-refractivity contribution in [2.24, 2.45) is 0 Å². The molecule has 0 aliphatic carbocycles. The van der Waals surface area contributed by atoms with Crippen molar-refractivity contribution in [3.63, 3.8) is 0 Å². The summed E-state index contributed by atoms with van der Waals surface area (Å²) < 4.78 is 31.9. The second-order valence-electron chi connectivity index (χ2n) is 0.448. The Morgan fingerprint density at radius 2 is 1.14 bits per heavy atom. The normalized spacial score (nSPS) is 8.29. The first-order chi connectivity index (χ1) is 2.00. The average molecular weight is 359 g/mol. The summed E-state index contributed by atoms with van der Waals surface area (Å²) in [5.41, 5.74) is 0. The van der Waals surface area contributed by atoms with E-state index in [0.29, 0.717) is 0 Å². The molecular weight excluding hydrogens is 351 g/mol. The van der Waals surface area contributed by atoms with Gasteiger partial charge in [0.05, 0.1) is 0 Å². The van der Waals surface area contributed by atoms with Crippen molar-refractivity contribution in [1.29, 1.82) is 0 Å². The van der Waals surface area contributed by atoms with Gasteiger partial charge < -0.3 is 0 Å². The minimum absolute atomic E-state index is 0. The van der Waals surface area contributed by atoms with E-state index in [2.05, 4.69) is 0 Å². The Morgan fingerprint density at radius 1 is 1.14 bits per heavy atom. The van der Waals surface area contributed by atoms with Gasteiger partial charge in [-0.25, -0.2) is 0 Å². The van der Waals surface area contributed by atoms with Gasteiger partial charge in [0, 0.05) is 0 Å². The van der Waals surface area contributed by atoms with E-state index in [1.807, 2.05) is 0 Å². The summed E-state index contributed by atoms with van der Waals surface area (Å²) >= 11 is -5.25. The molecule has 0 saturated heterocycles. The Bertz CT molecular complexity index is 94.9. The van der Waals surface area contributed by atoms with Crippen molar-refractivity contribution >= 4 is 38.3 Å². The Morgan fingerprint density at radius 3 is 1.14 bits per heavy atom. The third-order valence-corrected chi connectivity index (χ3v) is 0. The molecule has 0 aliphatic heterocycles. The molecule has 7 heavy (non-hydrogen) atoms. The molecular formula is H8CrO4PbSi. The zero-order valence-electron chi connectivity index (χ0n) is 2.83. The maximum atomic E-state index is 8.82. The molecule has 0 unspecified atom stereocenters. The molecule has 0 aromatic heterocycles. The first-order valence-corrected chi connectivity index (χ1v) is 2.88. The van der Waals surface area contributed by atoms with Crippen LogP contribution in [0.1, 0.15) is 0 Å². The standard InChI is InChI=1S/Cr.2H2O.2O.Pb.H4Si.2H/h;2*1H2;;;;1H4;;/q+2;;;;;;;;/p-2. The predicted molar refractivity (Wildman–Crippen MR) is 25.7 cm³/mol. The molecule has 2 N–H and O–H groups in total. The summed E-state index contributed by atoms with van der Waals surface area (Å²) in [6.45, 7) is 0. The molecule has 7 heteroatoms. The second-order valence-corrected chi connectivity index (χ2v) is 1.85. The van der Waals surface area contributed by atoms with Crippen LogP contribution in [0, 0.1) is 0 Å². The zero-order valence-corrected chi connectivity index (χ0v) is 9.60. The van der Waals surface area contributed by atoms with Crippen LogP contribution < -0.4 is 0 Å². The van der Waals surface area contributed by atoms with Crippen LogP contribution in [0.2, 0.25) is 0 Å². The van der Waals surface area contributed by atoms with Gasteiger partial charge in [0.25, 0.3) is 0 Å². The van der Waals surface area contributed by atoms with E-state index in [0.717, 1.165) is 0 Å². The van der Waals surface area contributed by atoms with Gasteiger partial charge in [0.1, 0.15) is 0 Å². The molecule has 0 aliphatic rings. The maximum Gasteiger partial charge on any atom is -0.0149 e. The van der Waals surface area contributed by atoms with Gasteiger partial charge in [0.15, 0.2) is 0 Å². The number of rotatable bonds is 0. The fourth-order valence-electron chi connectivity index (χ4n) is 0. The molecule has 0 heterocycles. The van der Waals surface area contributed by atoms with Crippen LogP contribution in [0.3, 0.4) is 0 Å². The minimum Gasteiger partial charge on any atom is -0.0149 e. The SMILES string of the molecule is [O]=[Cr](=[O])([OH])[OH].[PbH2].[SiH4].